The minimum Gasteiger partial charge on any atom is -0.398 e. The zero-order valence-corrected chi connectivity index (χ0v) is 16.1. The molecule has 1 heterocycles. The van der Waals surface area contributed by atoms with Crippen molar-refractivity contribution in [3.05, 3.63) is 67.1 Å². The standard InChI is InChI=1S/C17H14BrCl3N2/c1-9-7-15(22)10-3-2-4-12(18)17(10)23(9)8-11-13(19)5-6-14(20)16(11)21/h2-7,9H,8,22H2,1H3. The van der Waals surface area contributed by atoms with E-state index < -0.39 is 0 Å². The zero-order valence-electron chi connectivity index (χ0n) is 12.3. The van der Waals surface area contributed by atoms with Gasteiger partial charge >= 0.3 is 0 Å². The molecule has 1 atom stereocenters. The number of hydrogen-bond donors (Lipinski definition) is 1. The molecule has 0 aromatic heterocycles. The van der Waals surface area contributed by atoms with Gasteiger partial charge in [0.2, 0.25) is 0 Å². The van der Waals surface area contributed by atoms with E-state index in [1.165, 1.54) is 0 Å². The first kappa shape index (κ1) is 17.0. The topological polar surface area (TPSA) is 29.3 Å². The summed E-state index contributed by atoms with van der Waals surface area (Å²) in [7, 11) is 0. The van der Waals surface area contributed by atoms with Crippen molar-refractivity contribution in [3.63, 3.8) is 0 Å². The molecule has 1 aliphatic heterocycles. The minimum atomic E-state index is 0.104. The molecule has 2 aromatic carbocycles. The van der Waals surface area contributed by atoms with Gasteiger partial charge in [-0.1, -0.05) is 46.9 Å². The van der Waals surface area contributed by atoms with E-state index in [1.54, 1.807) is 12.1 Å². The van der Waals surface area contributed by atoms with E-state index in [1.807, 2.05) is 24.3 Å². The summed E-state index contributed by atoms with van der Waals surface area (Å²) in [6.45, 7) is 2.63. The molecule has 1 unspecified atom stereocenters. The summed E-state index contributed by atoms with van der Waals surface area (Å²) in [4.78, 5) is 2.21. The van der Waals surface area contributed by atoms with Crippen LogP contribution in [0.15, 0.2) is 40.9 Å². The highest BCUT2D eigenvalue weighted by Crippen LogP contribution is 2.41. The molecule has 0 bridgehead atoms. The number of benzene rings is 2. The van der Waals surface area contributed by atoms with Gasteiger partial charge < -0.3 is 10.6 Å². The molecule has 2 aromatic rings. The lowest BCUT2D eigenvalue weighted by Gasteiger charge is -2.36. The average Bonchev–Trinajstić information content (AvgIpc) is 2.51. The van der Waals surface area contributed by atoms with Crippen LogP contribution in [0.5, 0.6) is 0 Å². The molecule has 0 saturated carbocycles. The molecule has 23 heavy (non-hydrogen) atoms. The van der Waals surface area contributed by atoms with Crippen LogP contribution in [0.25, 0.3) is 5.70 Å². The molecule has 0 fully saturated rings. The van der Waals surface area contributed by atoms with E-state index in [2.05, 4.69) is 27.8 Å². The van der Waals surface area contributed by atoms with Gasteiger partial charge in [0, 0.05) is 38.9 Å². The van der Waals surface area contributed by atoms with Gasteiger partial charge in [-0.3, -0.25) is 0 Å². The molecule has 3 rings (SSSR count). The average molecular weight is 433 g/mol. The van der Waals surface area contributed by atoms with Gasteiger partial charge in [-0.2, -0.15) is 0 Å². The second kappa shape index (κ2) is 6.56. The molecule has 0 spiro atoms. The van der Waals surface area contributed by atoms with E-state index in [0.717, 1.165) is 27.0 Å². The normalized spacial score (nSPS) is 17.0. The highest BCUT2D eigenvalue weighted by Gasteiger charge is 2.26. The monoisotopic (exact) mass is 430 g/mol. The molecule has 0 aliphatic carbocycles. The van der Waals surface area contributed by atoms with Gasteiger partial charge in [0.05, 0.1) is 15.7 Å². The van der Waals surface area contributed by atoms with Gasteiger partial charge in [0.1, 0.15) is 0 Å². The Kier molecular flexibility index (Phi) is 4.84. The van der Waals surface area contributed by atoms with Gasteiger partial charge in [0.25, 0.3) is 0 Å². The number of nitrogens with zero attached hydrogens (tertiary/aromatic N) is 1. The first-order valence-corrected chi connectivity index (χ1v) is 8.98. The Hall–Kier alpha value is -0.870. The maximum Gasteiger partial charge on any atom is 0.0657 e. The Labute approximate surface area is 158 Å². The van der Waals surface area contributed by atoms with Crippen LogP contribution < -0.4 is 10.6 Å². The van der Waals surface area contributed by atoms with E-state index in [9.17, 15) is 0 Å². The van der Waals surface area contributed by atoms with Crippen molar-refractivity contribution < 1.29 is 0 Å². The molecular weight excluding hydrogens is 418 g/mol. The summed E-state index contributed by atoms with van der Waals surface area (Å²) in [5.74, 6) is 0. The number of para-hydroxylation sites is 1. The second-order valence-electron chi connectivity index (χ2n) is 5.45. The summed E-state index contributed by atoms with van der Waals surface area (Å²) in [6.07, 6.45) is 2.03. The first-order valence-electron chi connectivity index (χ1n) is 7.05. The minimum absolute atomic E-state index is 0.104. The Bertz CT molecular complexity index is 805. The van der Waals surface area contributed by atoms with Crippen molar-refractivity contribution in [2.75, 3.05) is 4.90 Å². The SMILES string of the molecule is CC1C=C(N)c2cccc(Br)c2N1Cc1c(Cl)ccc(Cl)c1Cl. The van der Waals surface area contributed by atoms with Crippen LogP contribution in [0.4, 0.5) is 5.69 Å². The maximum atomic E-state index is 6.37. The van der Waals surface area contributed by atoms with Crippen LogP contribution in [-0.4, -0.2) is 6.04 Å². The molecule has 2 N–H and O–H groups in total. The third-order valence-electron chi connectivity index (χ3n) is 3.96. The molecule has 1 aliphatic rings. The van der Waals surface area contributed by atoms with Crippen molar-refractivity contribution >= 4 is 62.1 Å². The molecular formula is C17H14BrCl3N2. The fourth-order valence-electron chi connectivity index (χ4n) is 2.79. The maximum absolute atomic E-state index is 6.37. The van der Waals surface area contributed by atoms with Crippen LogP contribution in [0.2, 0.25) is 15.1 Å². The van der Waals surface area contributed by atoms with E-state index >= 15 is 0 Å². The highest BCUT2D eigenvalue weighted by atomic mass is 79.9. The first-order chi connectivity index (χ1) is 10.9. The molecule has 6 heteroatoms. The third-order valence-corrected chi connectivity index (χ3v) is 5.80. The number of rotatable bonds is 2. The summed E-state index contributed by atoms with van der Waals surface area (Å²) in [6, 6.07) is 9.55. The number of anilines is 1. The summed E-state index contributed by atoms with van der Waals surface area (Å²) >= 11 is 22.5. The summed E-state index contributed by atoms with van der Waals surface area (Å²) < 4.78 is 0.979. The van der Waals surface area contributed by atoms with Gasteiger partial charge in [-0.15, -0.1) is 0 Å². The van der Waals surface area contributed by atoms with Crippen LogP contribution in [0, 0.1) is 0 Å². The van der Waals surface area contributed by atoms with Gasteiger partial charge in [0.15, 0.2) is 0 Å². The van der Waals surface area contributed by atoms with Gasteiger partial charge in [-0.25, -0.2) is 0 Å². The number of hydrogen-bond acceptors (Lipinski definition) is 2. The summed E-state index contributed by atoms with van der Waals surface area (Å²) in [5, 5.41) is 1.59. The molecule has 0 saturated heterocycles. The van der Waals surface area contributed by atoms with Crippen LogP contribution >= 0.6 is 50.7 Å². The Morgan fingerprint density at radius 1 is 1.13 bits per heavy atom. The van der Waals surface area contributed by atoms with E-state index in [-0.39, 0.29) is 6.04 Å². The lowest BCUT2D eigenvalue weighted by atomic mass is 10.00. The predicted octanol–water partition coefficient (Wildman–Crippen LogP) is 6.12. The van der Waals surface area contributed by atoms with Crippen molar-refractivity contribution in [2.45, 2.75) is 19.5 Å². The molecule has 120 valence electrons. The van der Waals surface area contributed by atoms with E-state index in [4.69, 9.17) is 40.5 Å². The second-order valence-corrected chi connectivity index (χ2v) is 7.49. The zero-order chi connectivity index (χ0) is 16.7. The van der Waals surface area contributed by atoms with Crippen molar-refractivity contribution in [2.24, 2.45) is 5.73 Å². The Balaban J connectivity index is 2.10. The van der Waals surface area contributed by atoms with Crippen molar-refractivity contribution in [1.82, 2.24) is 0 Å². The van der Waals surface area contributed by atoms with Crippen LogP contribution in [0.1, 0.15) is 18.1 Å². The highest BCUT2D eigenvalue weighted by molar-refractivity contribution is 9.10. The quantitative estimate of drug-likeness (QED) is 0.580. The van der Waals surface area contributed by atoms with Crippen molar-refractivity contribution in [1.29, 1.82) is 0 Å². The molecule has 0 amide bonds. The predicted molar refractivity (Wildman–Crippen MR) is 103 cm³/mol. The molecule has 2 nitrogen and oxygen atoms in total. The van der Waals surface area contributed by atoms with Gasteiger partial charge in [-0.05, 0) is 47.1 Å². The lowest BCUT2D eigenvalue weighted by molar-refractivity contribution is 0.723. The number of nitrogens with two attached hydrogens (primary N) is 1. The molecule has 0 radical (unpaired) electrons. The van der Waals surface area contributed by atoms with Crippen LogP contribution in [0.3, 0.4) is 0 Å². The fraction of sp³-hybridized carbons (Fsp3) is 0.176. The van der Waals surface area contributed by atoms with Crippen molar-refractivity contribution in [3.8, 4) is 0 Å². The number of halogens is 4. The lowest BCUT2D eigenvalue weighted by Crippen LogP contribution is -2.35. The Morgan fingerprint density at radius 2 is 1.83 bits per heavy atom. The smallest absolute Gasteiger partial charge is 0.0657 e. The Morgan fingerprint density at radius 3 is 2.57 bits per heavy atom. The number of fused-ring (bicyclic) bond motifs is 1. The summed E-state index contributed by atoms with van der Waals surface area (Å²) in [5.41, 5.74) is 9.79. The van der Waals surface area contributed by atoms with Crippen LogP contribution in [-0.2, 0) is 6.54 Å². The van der Waals surface area contributed by atoms with E-state index in [0.29, 0.717) is 21.6 Å². The fourth-order valence-corrected chi connectivity index (χ4v) is 4.05. The largest absolute Gasteiger partial charge is 0.398 e. The third kappa shape index (κ3) is 3.08.